The first kappa shape index (κ1) is 11.6. The largest absolute Gasteiger partial charge is 0.364 e. The zero-order valence-electron chi connectivity index (χ0n) is 10.5. The van der Waals surface area contributed by atoms with Crippen molar-refractivity contribution in [3.8, 4) is 0 Å². The monoisotopic (exact) mass is 230 g/mol. The summed E-state index contributed by atoms with van der Waals surface area (Å²) in [7, 11) is 0. The van der Waals surface area contributed by atoms with Crippen molar-refractivity contribution in [2.45, 2.75) is 33.4 Å². The molecule has 2 rings (SSSR count). The van der Waals surface area contributed by atoms with Gasteiger partial charge in [0.2, 0.25) is 0 Å². The minimum absolute atomic E-state index is 0.395. The molecule has 2 heterocycles. The van der Waals surface area contributed by atoms with Crippen LogP contribution in [0.4, 0.5) is 5.82 Å². The number of aryl methyl sites for hydroxylation is 1. The van der Waals surface area contributed by atoms with Gasteiger partial charge in [0.1, 0.15) is 5.82 Å². The highest BCUT2D eigenvalue weighted by molar-refractivity contribution is 5.33. The quantitative estimate of drug-likeness (QED) is 0.878. The first-order valence-electron chi connectivity index (χ1n) is 5.85. The van der Waals surface area contributed by atoms with Crippen molar-refractivity contribution < 1.29 is 0 Å². The van der Waals surface area contributed by atoms with Crippen LogP contribution in [-0.4, -0.2) is 14.8 Å². The van der Waals surface area contributed by atoms with Gasteiger partial charge in [0, 0.05) is 36.7 Å². The Labute approximate surface area is 102 Å². The van der Waals surface area contributed by atoms with Gasteiger partial charge < -0.3 is 5.32 Å². The second-order valence-corrected chi connectivity index (χ2v) is 4.44. The minimum atomic E-state index is 0.395. The number of aromatic nitrogens is 3. The molecule has 17 heavy (non-hydrogen) atoms. The third-order valence-corrected chi connectivity index (χ3v) is 2.58. The maximum absolute atomic E-state index is 4.43. The SMILES string of the molecule is Cc1ccc(CNc2ccn(C(C)C)n2)cn1. The third kappa shape index (κ3) is 3.06. The Morgan fingerprint density at radius 3 is 2.71 bits per heavy atom. The second kappa shape index (κ2) is 4.99. The lowest BCUT2D eigenvalue weighted by Gasteiger charge is -2.05. The molecule has 0 aliphatic rings. The number of anilines is 1. The first-order valence-corrected chi connectivity index (χ1v) is 5.85. The number of hydrogen-bond acceptors (Lipinski definition) is 3. The first-order chi connectivity index (χ1) is 8.15. The van der Waals surface area contributed by atoms with Gasteiger partial charge in [0.25, 0.3) is 0 Å². The minimum Gasteiger partial charge on any atom is -0.364 e. The maximum Gasteiger partial charge on any atom is 0.148 e. The molecule has 0 aliphatic heterocycles. The molecule has 0 bridgehead atoms. The van der Waals surface area contributed by atoms with Gasteiger partial charge in [-0.05, 0) is 32.4 Å². The zero-order chi connectivity index (χ0) is 12.3. The maximum atomic E-state index is 4.43. The lowest BCUT2D eigenvalue weighted by Crippen LogP contribution is -2.04. The van der Waals surface area contributed by atoms with Crippen LogP contribution >= 0.6 is 0 Å². The molecule has 90 valence electrons. The Morgan fingerprint density at radius 1 is 1.29 bits per heavy atom. The highest BCUT2D eigenvalue weighted by atomic mass is 15.3. The van der Waals surface area contributed by atoms with Crippen molar-refractivity contribution in [2.24, 2.45) is 0 Å². The Kier molecular flexibility index (Phi) is 3.42. The van der Waals surface area contributed by atoms with Crippen LogP contribution in [0.25, 0.3) is 0 Å². The molecule has 0 atom stereocenters. The fourth-order valence-corrected chi connectivity index (χ4v) is 1.52. The molecular formula is C13H18N4. The summed E-state index contributed by atoms with van der Waals surface area (Å²) >= 11 is 0. The summed E-state index contributed by atoms with van der Waals surface area (Å²) in [6.45, 7) is 6.96. The molecule has 4 heteroatoms. The van der Waals surface area contributed by atoms with Gasteiger partial charge in [-0.3, -0.25) is 9.67 Å². The van der Waals surface area contributed by atoms with Crippen LogP contribution in [0, 0.1) is 6.92 Å². The highest BCUT2D eigenvalue weighted by Crippen LogP contribution is 2.09. The van der Waals surface area contributed by atoms with E-state index in [1.807, 2.05) is 36.1 Å². The summed E-state index contributed by atoms with van der Waals surface area (Å²) in [4.78, 5) is 4.26. The van der Waals surface area contributed by atoms with E-state index in [4.69, 9.17) is 0 Å². The van der Waals surface area contributed by atoms with Gasteiger partial charge in [-0.2, -0.15) is 5.10 Å². The summed E-state index contributed by atoms with van der Waals surface area (Å²) in [5.41, 5.74) is 2.20. The van der Waals surface area contributed by atoms with E-state index < -0.39 is 0 Å². The summed E-state index contributed by atoms with van der Waals surface area (Å²) in [6, 6.07) is 6.48. The molecule has 0 aliphatic carbocycles. The standard InChI is InChI=1S/C13H18N4/c1-10(2)17-7-6-13(16-17)15-9-12-5-4-11(3)14-8-12/h4-8,10H,9H2,1-3H3,(H,15,16). The molecule has 1 N–H and O–H groups in total. The van der Waals surface area contributed by atoms with Crippen molar-refractivity contribution >= 4 is 5.82 Å². The van der Waals surface area contributed by atoms with Crippen LogP contribution in [0.1, 0.15) is 31.1 Å². The van der Waals surface area contributed by atoms with E-state index in [1.54, 1.807) is 0 Å². The average molecular weight is 230 g/mol. The van der Waals surface area contributed by atoms with Crippen molar-refractivity contribution in [3.63, 3.8) is 0 Å². The fraction of sp³-hybridized carbons (Fsp3) is 0.385. The Bertz CT molecular complexity index is 470. The van der Waals surface area contributed by atoms with Crippen LogP contribution in [-0.2, 0) is 6.54 Å². The van der Waals surface area contributed by atoms with E-state index in [2.05, 4.69) is 35.3 Å². The molecule has 0 saturated heterocycles. The van der Waals surface area contributed by atoms with Gasteiger partial charge in [0.15, 0.2) is 0 Å². The Hall–Kier alpha value is -1.84. The predicted molar refractivity (Wildman–Crippen MR) is 68.9 cm³/mol. The summed E-state index contributed by atoms with van der Waals surface area (Å²) in [6.07, 6.45) is 3.88. The van der Waals surface area contributed by atoms with Crippen molar-refractivity contribution in [3.05, 3.63) is 41.9 Å². The molecule has 0 saturated carbocycles. The zero-order valence-corrected chi connectivity index (χ0v) is 10.5. The summed E-state index contributed by atoms with van der Waals surface area (Å²) < 4.78 is 1.94. The number of hydrogen-bond donors (Lipinski definition) is 1. The van der Waals surface area contributed by atoms with Gasteiger partial charge in [-0.25, -0.2) is 0 Å². The van der Waals surface area contributed by atoms with E-state index in [0.29, 0.717) is 6.04 Å². The van der Waals surface area contributed by atoms with Gasteiger partial charge >= 0.3 is 0 Å². The van der Waals surface area contributed by atoms with E-state index >= 15 is 0 Å². The molecule has 4 nitrogen and oxygen atoms in total. The average Bonchev–Trinajstić information content (AvgIpc) is 2.77. The van der Waals surface area contributed by atoms with E-state index in [0.717, 1.165) is 23.6 Å². The number of nitrogens with one attached hydrogen (secondary N) is 1. The van der Waals surface area contributed by atoms with Gasteiger partial charge in [-0.1, -0.05) is 6.07 Å². The predicted octanol–water partition coefficient (Wildman–Crippen LogP) is 2.78. The molecule has 0 amide bonds. The van der Waals surface area contributed by atoms with Crippen LogP contribution in [0.15, 0.2) is 30.6 Å². The van der Waals surface area contributed by atoms with Gasteiger partial charge in [-0.15, -0.1) is 0 Å². The topological polar surface area (TPSA) is 42.7 Å². The lowest BCUT2D eigenvalue weighted by molar-refractivity contribution is 0.534. The summed E-state index contributed by atoms with van der Waals surface area (Å²) in [5, 5.41) is 7.71. The number of nitrogens with zero attached hydrogens (tertiary/aromatic N) is 3. The molecule has 0 aromatic carbocycles. The van der Waals surface area contributed by atoms with E-state index in [9.17, 15) is 0 Å². The van der Waals surface area contributed by atoms with Crippen LogP contribution in [0.2, 0.25) is 0 Å². The number of pyridine rings is 1. The molecular weight excluding hydrogens is 212 g/mol. The molecule has 0 spiro atoms. The molecule has 0 unspecified atom stereocenters. The third-order valence-electron chi connectivity index (χ3n) is 2.58. The van der Waals surface area contributed by atoms with Crippen molar-refractivity contribution in [2.75, 3.05) is 5.32 Å². The molecule has 0 fully saturated rings. The van der Waals surface area contributed by atoms with Crippen molar-refractivity contribution in [1.29, 1.82) is 0 Å². The smallest absolute Gasteiger partial charge is 0.148 e. The van der Waals surface area contributed by atoms with Crippen LogP contribution in [0.3, 0.4) is 0 Å². The van der Waals surface area contributed by atoms with Crippen LogP contribution < -0.4 is 5.32 Å². The van der Waals surface area contributed by atoms with Crippen LogP contribution in [0.5, 0.6) is 0 Å². The lowest BCUT2D eigenvalue weighted by atomic mass is 10.2. The molecule has 0 radical (unpaired) electrons. The molecule has 2 aromatic rings. The molecule has 2 aromatic heterocycles. The normalized spacial score (nSPS) is 10.8. The second-order valence-electron chi connectivity index (χ2n) is 4.44. The Morgan fingerprint density at radius 2 is 2.12 bits per heavy atom. The van der Waals surface area contributed by atoms with Crippen molar-refractivity contribution in [1.82, 2.24) is 14.8 Å². The summed E-state index contributed by atoms with van der Waals surface area (Å²) in [5.74, 6) is 0.902. The van der Waals surface area contributed by atoms with E-state index in [-0.39, 0.29) is 0 Å². The number of rotatable bonds is 4. The Balaban J connectivity index is 1.95. The fourth-order valence-electron chi connectivity index (χ4n) is 1.52. The highest BCUT2D eigenvalue weighted by Gasteiger charge is 2.01. The van der Waals surface area contributed by atoms with Gasteiger partial charge in [0.05, 0.1) is 0 Å². The van der Waals surface area contributed by atoms with E-state index in [1.165, 1.54) is 0 Å².